The molecule has 0 amide bonds. The summed E-state index contributed by atoms with van der Waals surface area (Å²) < 4.78 is 27.8. The van der Waals surface area contributed by atoms with Crippen LogP contribution in [0.3, 0.4) is 0 Å². The van der Waals surface area contributed by atoms with Crippen LogP contribution >= 0.6 is 0 Å². The molecule has 3 aromatic rings. The topological polar surface area (TPSA) is 0 Å². The maximum Gasteiger partial charge on any atom is 0.140 e. The number of aryl methyl sites for hydroxylation is 2. The average molecular weight is 342 g/mol. The van der Waals surface area contributed by atoms with Crippen LogP contribution in [0.2, 0.25) is 0 Å². The summed E-state index contributed by atoms with van der Waals surface area (Å²) in [6.45, 7) is 3.69. The van der Waals surface area contributed by atoms with E-state index in [0.29, 0.717) is 22.3 Å². The second-order valence-corrected chi connectivity index (χ2v) is 6.02. The number of benzene rings is 3. The van der Waals surface area contributed by atoms with E-state index < -0.39 is 5.82 Å². The van der Waals surface area contributed by atoms with E-state index in [0.717, 1.165) is 11.1 Å². The Morgan fingerprint density at radius 2 is 1.12 bits per heavy atom. The molecule has 126 valence electrons. The second kappa shape index (κ2) is 7.68. The second-order valence-electron chi connectivity index (χ2n) is 6.02. The average Bonchev–Trinajstić information content (AvgIpc) is 2.63. The standard InChI is InChI=1S/C24H16F2/c1-17-3-6-19(7-4-17)11-13-22-14-12-21(16-24(22)26)10-9-20-8-5-18(2)23(25)15-20/h3-8,12,14-16H,1-2H3. The summed E-state index contributed by atoms with van der Waals surface area (Å²) in [5.41, 5.74) is 3.94. The zero-order valence-corrected chi connectivity index (χ0v) is 14.5. The Balaban J connectivity index is 1.81. The largest absolute Gasteiger partial charge is 0.207 e. The van der Waals surface area contributed by atoms with Crippen LogP contribution in [0.1, 0.15) is 33.4 Å². The van der Waals surface area contributed by atoms with Gasteiger partial charge < -0.3 is 0 Å². The molecule has 0 aliphatic heterocycles. The molecule has 0 bridgehead atoms. The van der Waals surface area contributed by atoms with Gasteiger partial charge in [-0.3, -0.25) is 0 Å². The van der Waals surface area contributed by atoms with Gasteiger partial charge in [-0.25, -0.2) is 8.78 Å². The lowest BCUT2D eigenvalue weighted by Gasteiger charge is -1.97. The first kappa shape index (κ1) is 17.5. The summed E-state index contributed by atoms with van der Waals surface area (Å²) in [7, 11) is 0. The van der Waals surface area contributed by atoms with E-state index in [-0.39, 0.29) is 5.82 Å². The third-order valence-electron chi connectivity index (χ3n) is 3.89. The Hall–Kier alpha value is -3.36. The van der Waals surface area contributed by atoms with Crippen LogP contribution in [-0.4, -0.2) is 0 Å². The van der Waals surface area contributed by atoms with Gasteiger partial charge in [-0.05, 0) is 61.9 Å². The molecule has 0 aliphatic rings. The smallest absolute Gasteiger partial charge is 0.140 e. The Morgan fingerprint density at radius 3 is 1.73 bits per heavy atom. The zero-order chi connectivity index (χ0) is 18.5. The van der Waals surface area contributed by atoms with E-state index in [2.05, 4.69) is 23.7 Å². The molecule has 0 N–H and O–H groups in total. The minimum atomic E-state index is -0.425. The van der Waals surface area contributed by atoms with Gasteiger partial charge in [0.1, 0.15) is 11.6 Å². The molecular weight excluding hydrogens is 326 g/mol. The van der Waals surface area contributed by atoms with Gasteiger partial charge in [0, 0.05) is 16.7 Å². The SMILES string of the molecule is Cc1ccc(C#Cc2ccc(C#Cc3ccc(C)c(F)c3)cc2F)cc1. The molecule has 0 radical (unpaired) electrons. The number of rotatable bonds is 0. The van der Waals surface area contributed by atoms with Crippen LogP contribution < -0.4 is 0 Å². The molecule has 0 atom stereocenters. The molecule has 3 rings (SSSR count). The summed E-state index contributed by atoms with van der Waals surface area (Å²) in [5.74, 6) is 10.8. The van der Waals surface area contributed by atoms with Crippen molar-refractivity contribution < 1.29 is 8.78 Å². The molecule has 0 aromatic heterocycles. The van der Waals surface area contributed by atoms with Gasteiger partial charge >= 0.3 is 0 Å². The van der Waals surface area contributed by atoms with Gasteiger partial charge in [-0.1, -0.05) is 47.4 Å². The molecule has 0 spiro atoms. The van der Waals surface area contributed by atoms with E-state index in [9.17, 15) is 8.78 Å². The van der Waals surface area contributed by atoms with Gasteiger partial charge in [0.05, 0.1) is 5.56 Å². The number of hydrogen-bond donors (Lipinski definition) is 0. The maximum atomic E-state index is 14.2. The highest BCUT2D eigenvalue weighted by atomic mass is 19.1. The van der Waals surface area contributed by atoms with Crippen LogP contribution in [0.4, 0.5) is 8.78 Å². The fourth-order valence-electron chi connectivity index (χ4n) is 2.29. The maximum absolute atomic E-state index is 14.2. The van der Waals surface area contributed by atoms with Crippen LogP contribution in [-0.2, 0) is 0 Å². The highest BCUT2D eigenvalue weighted by molar-refractivity contribution is 5.49. The van der Waals surface area contributed by atoms with Crippen LogP contribution in [0.25, 0.3) is 0 Å². The third kappa shape index (κ3) is 4.38. The molecule has 0 heterocycles. The van der Waals surface area contributed by atoms with Crippen molar-refractivity contribution in [1.29, 1.82) is 0 Å². The minimum absolute atomic E-state index is 0.301. The van der Waals surface area contributed by atoms with Crippen molar-refractivity contribution in [2.45, 2.75) is 13.8 Å². The quantitative estimate of drug-likeness (QED) is 0.481. The predicted octanol–water partition coefficient (Wildman–Crippen LogP) is 5.38. The normalized spacial score (nSPS) is 9.69. The van der Waals surface area contributed by atoms with Crippen molar-refractivity contribution in [2.75, 3.05) is 0 Å². The predicted molar refractivity (Wildman–Crippen MR) is 101 cm³/mol. The molecule has 0 unspecified atom stereocenters. The summed E-state index contributed by atoms with van der Waals surface area (Å²) >= 11 is 0. The minimum Gasteiger partial charge on any atom is -0.207 e. The van der Waals surface area contributed by atoms with E-state index in [1.165, 1.54) is 12.1 Å². The van der Waals surface area contributed by atoms with Crippen LogP contribution in [0.15, 0.2) is 60.7 Å². The molecule has 3 aromatic carbocycles. The fourth-order valence-corrected chi connectivity index (χ4v) is 2.29. The summed E-state index contributed by atoms with van der Waals surface area (Å²) in [4.78, 5) is 0. The zero-order valence-electron chi connectivity index (χ0n) is 14.5. The summed E-state index contributed by atoms with van der Waals surface area (Å²) in [6.07, 6.45) is 0. The van der Waals surface area contributed by atoms with E-state index in [4.69, 9.17) is 0 Å². The fraction of sp³-hybridized carbons (Fsp3) is 0.0833. The lowest BCUT2D eigenvalue weighted by molar-refractivity contribution is 0.618. The summed E-state index contributed by atoms with van der Waals surface area (Å²) in [6, 6.07) is 17.2. The molecule has 0 aliphatic carbocycles. The van der Waals surface area contributed by atoms with E-state index in [1.54, 1.807) is 31.2 Å². The first-order valence-corrected chi connectivity index (χ1v) is 8.18. The first-order chi connectivity index (χ1) is 12.5. The molecule has 2 heteroatoms. The third-order valence-corrected chi connectivity index (χ3v) is 3.89. The molecular formula is C24H16F2. The first-order valence-electron chi connectivity index (χ1n) is 8.18. The molecule has 0 nitrogen and oxygen atoms in total. The molecule has 0 saturated heterocycles. The Morgan fingerprint density at radius 1 is 0.577 bits per heavy atom. The van der Waals surface area contributed by atoms with Gasteiger partial charge in [-0.2, -0.15) is 0 Å². The lowest BCUT2D eigenvalue weighted by atomic mass is 10.1. The van der Waals surface area contributed by atoms with Gasteiger partial charge in [0.15, 0.2) is 0 Å². The Labute approximate surface area is 152 Å². The van der Waals surface area contributed by atoms with Crippen molar-refractivity contribution in [1.82, 2.24) is 0 Å². The van der Waals surface area contributed by atoms with Gasteiger partial charge in [0.25, 0.3) is 0 Å². The summed E-state index contributed by atoms with van der Waals surface area (Å²) in [5, 5.41) is 0. The van der Waals surface area contributed by atoms with E-state index >= 15 is 0 Å². The Kier molecular flexibility index (Phi) is 5.16. The molecule has 0 fully saturated rings. The van der Waals surface area contributed by atoms with Crippen molar-refractivity contribution in [3.8, 4) is 23.7 Å². The number of halogens is 2. The van der Waals surface area contributed by atoms with Crippen LogP contribution in [0, 0.1) is 49.2 Å². The van der Waals surface area contributed by atoms with Gasteiger partial charge in [-0.15, -0.1) is 0 Å². The monoisotopic (exact) mass is 342 g/mol. The van der Waals surface area contributed by atoms with Gasteiger partial charge in [0.2, 0.25) is 0 Å². The highest BCUT2D eigenvalue weighted by Crippen LogP contribution is 2.11. The van der Waals surface area contributed by atoms with Crippen molar-refractivity contribution in [3.05, 3.63) is 106 Å². The Bertz CT molecular complexity index is 1070. The van der Waals surface area contributed by atoms with Crippen LogP contribution in [0.5, 0.6) is 0 Å². The lowest BCUT2D eigenvalue weighted by Crippen LogP contribution is -1.87. The van der Waals surface area contributed by atoms with Crippen molar-refractivity contribution >= 4 is 0 Å². The number of hydrogen-bond acceptors (Lipinski definition) is 0. The molecule has 26 heavy (non-hydrogen) atoms. The highest BCUT2D eigenvalue weighted by Gasteiger charge is 2.00. The molecule has 0 saturated carbocycles. The van der Waals surface area contributed by atoms with Crippen molar-refractivity contribution in [2.24, 2.45) is 0 Å². The van der Waals surface area contributed by atoms with E-state index in [1.807, 2.05) is 31.2 Å². The van der Waals surface area contributed by atoms with Crippen molar-refractivity contribution in [3.63, 3.8) is 0 Å².